The Bertz CT molecular complexity index is 2030. The summed E-state index contributed by atoms with van der Waals surface area (Å²) < 4.78 is 10.6. The molecule has 2 aliphatic rings. The van der Waals surface area contributed by atoms with Crippen LogP contribution in [0.3, 0.4) is 0 Å². The quantitative estimate of drug-likeness (QED) is 0.131. The standard InChI is InChI=1S/C40H51N9O2.CH2O2/c1-7-46(6)25-28-15-17-29(18-16-28)49-37(24-35(45-49)40(3,4)5)42-38(50)41-33-20-21-34(32-14-9-8-13-31(32)33)51-30-19-22-36-43-44-39(48(36)26-30)47-23-11-10-12-27(47)2;2-1-3/h8-9,13-19,22,24,26-27,33-34H,7,10-12,20-21,23,25H2,1-6H3,(H2,41,42,50);1H,(H,2,3)/t27-,33-,34+;/m0./s1. The van der Waals surface area contributed by atoms with Gasteiger partial charge in [0, 0.05) is 30.6 Å². The molecule has 13 heteroatoms. The van der Waals surface area contributed by atoms with Crippen molar-refractivity contribution in [1.82, 2.24) is 34.6 Å². The number of nitrogens with one attached hydrogen (secondary N) is 2. The van der Waals surface area contributed by atoms with Crippen molar-refractivity contribution in [1.29, 1.82) is 0 Å². The molecule has 13 nitrogen and oxygen atoms in total. The molecule has 3 atom stereocenters. The summed E-state index contributed by atoms with van der Waals surface area (Å²) in [4.78, 5) is 26.7. The number of rotatable bonds is 9. The monoisotopic (exact) mass is 735 g/mol. The van der Waals surface area contributed by atoms with E-state index in [2.05, 4.69) is 113 Å². The summed E-state index contributed by atoms with van der Waals surface area (Å²) in [7, 11) is 2.11. The molecule has 2 amide bonds. The molecule has 54 heavy (non-hydrogen) atoms. The zero-order valence-corrected chi connectivity index (χ0v) is 32.2. The van der Waals surface area contributed by atoms with Crippen molar-refractivity contribution in [2.45, 2.75) is 96.9 Å². The number of piperidine rings is 1. The van der Waals surface area contributed by atoms with Crippen molar-refractivity contribution >= 4 is 29.9 Å². The van der Waals surface area contributed by atoms with E-state index in [0.717, 1.165) is 85.2 Å². The molecule has 1 fully saturated rings. The van der Waals surface area contributed by atoms with E-state index in [1.165, 1.54) is 12.0 Å². The van der Waals surface area contributed by atoms with E-state index in [1.54, 1.807) is 0 Å². The molecule has 1 aliphatic heterocycles. The predicted molar refractivity (Wildman–Crippen MR) is 211 cm³/mol. The normalized spacial score (nSPS) is 18.4. The Labute approximate surface area is 317 Å². The van der Waals surface area contributed by atoms with Gasteiger partial charge in [-0.1, -0.05) is 64.1 Å². The molecule has 0 bridgehead atoms. The van der Waals surface area contributed by atoms with Crippen LogP contribution in [0.4, 0.5) is 16.6 Å². The number of fused-ring (bicyclic) bond motifs is 2. The van der Waals surface area contributed by atoms with Crippen LogP contribution in [0.25, 0.3) is 11.3 Å². The van der Waals surface area contributed by atoms with Crippen LogP contribution in [0.1, 0.15) is 101 Å². The van der Waals surface area contributed by atoms with Gasteiger partial charge in [-0.05, 0) is 93.6 Å². The number of urea groups is 1. The molecule has 2 aromatic carbocycles. The third-order valence-electron chi connectivity index (χ3n) is 10.3. The lowest BCUT2D eigenvalue weighted by atomic mass is 9.85. The molecular weight excluding hydrogens is 683 g/mol. The van der Waals surface area contributed by atoms with Crippen LogP contribution in [-0.2, 0) is 16.8 Å². The molecule has 1 aliphatic carbocycles. The fraction of sp³-hybridized carbons (Fsp3) is 0.439. The van der Waals surface area contributed by atoms with Crippen LogP contribution < -0.4 is 20.3 Å². The number of anilines is 2. The van der Waals surface area contributed by atoms with E-state index in [1.807, 2.05) is 41.2 Å². The minimum absolute atomic E-state index is 0.149. The Hall–Kier alpha value is -5.43. The molecule has 0 saturated carbocycles. The Morgan fingerprint density at radius 1 is 1.02 bits per heavy atom. The Balaban J connectivity index is 0.00000160. The van der Waals surface area contributed by atoms with Crippen LogP contribution in [-0.4, -0.2) is 73.1 Å². The largest absolute Gasteiger partial charge is 0.484 e. The first-order valence-corrected chi connectivity index (χ1v) is 18.9. The van der Waals surface area contributed by atoms with Gasteiger partial charge in [-0.3, -0.25) is 14.5 Å². The summed E-state index contributed by atoms with van der Waals surface area (Å²) in [5.41, 5.74) is 5.79. The highest BCUT2D eigenvalue weighted by molar-refractivity contribution is 5.89. The van der Waals surface area contributed by atoms with Gasteiger partial charge in [-0.25, -0.2) is 9.48 Å². The molecule has 0 spiro atoms. The number of carboxylic acid groups (broad SMARTS) is 1. The van der Waals surface area contributed by atoms with Gasteiger partial charge in [-0.2, -0.15) is 5.10 Å². The smallest absolute Gasteiger partial charge is 0.320 e. The Kier molecular flexibility index (Phi) is 11.9. The van der Waals surface area contributed by atoms with Crippen molar-refractivity contribution in [3.8, 4) is 11.4 Å². The minimum atomic E-state index is -0.269. The van der Waals surface area contributed by atoms with Gasteiger partial charge in [0.2, 0.25) is 5.95 Å². The summed E-state index contributed by atoms with van der Waals surface area (Å²) in [6, 6.07) is 22.5. The maximum atomic E-state index is 13.7. The van der Waals surface area contributed by atoms with E-state index in [9.17, 15) is 4.79 Å². The second-order valence-corrected chi connectivity index (χ2v) is 15.3. The Morgan fingerprint density at radius 3 is 2.46 bits per heavy atom. The second-order valence-electron chi connectivity index (χ2n) is 15.3. The van der Waals surface area contributed by atoms with Crippen LogP contribution in [0, 0.1) is 0 Å². The molecule has 7 rings (SSSR count). The van der Waals surface area contributed by atoms with Crippen molar-refractivity contribution in [3.05, 3.63) is 95.3 Å². The number of aromatic nitrogens is 5. The number of ether oxygens (including phenoxy) is 1. The molecule has 286 valence electrons. The topological polar surface area (TPSA) is 142 Å². The van der Waals surface area contributed by atoms with E-state index >= 15 is 0 Å². The maximum absolute atomic E-state index is 13.7. The lowest BCUT2D eigenvalue weighted by molar-refractivity contribution is -0.122. The van der Waals surface area contributed by atoms with Crippen molar-refractivity contribution < 1.29 is 19.4 Å². The molecule has 3 aromatic heterocycles. The van der Waals surface area contributed by atoms with Crippen LogP contribution >= 0.6 is 0 Å². The SMILES string of the molecule is CCN(C)Cc1ccc(-n2nc(C(C)(C)C)cc2NC(=O)N[C@H]2CC[C@@H](Oc3ccc4nnc(N5CCCC[C@@H]5C)n4c3)c3ccccc32)cc1.O=CO. The number of pyridine rings is 1. The zero-order valence-electron chi connectivity index (χ0n) is 32.2. The molecule has 0 unspecified atom stereocenters. The second kappa shape index (κ2) is 16.7. The molecule has 4 heterocycles. The number of carbonyl (C=O) groups is 2. The lowest BCUT2D eigenvalue weighted by Gasteiger charge is -2.33. The highest BCUT2D eigenvalue weighted by Gasteiger charge is 2.31. The van der Waals surface area contributed by atoms with E-state index < -0.39 is 0 Å². The number of nitrogens with zero attached hydrogens (tertiary/aromatic N) is 7. The van der Waals surface area contributed by atoms with Gasteiger partial charge >= 0.3 is 6.03 Å². The van der Waals surface area contributed by atoms with Gasteiger partial charge in [0.05, 0.1) is 23.6 Å². The average molecular weight is 736 g/mol. The van der Waals surface area contributed by atoms with E-state index in [-0.39, 0.29) is 30.1 Å². The van der Waals surface area contributed by atoms with Crippen molar-refractivity contribution in [2.75, 3.05) is 30.4 Å². The number of carbonyl (C=O) groups excluding carboxylic acids is 1. The summed E-state index contributed by atoms with van der Waals surface area (Å²) in [6.45, 7) is 13.4. The fourth-order valence-electron chi connectivity index (χ4n) is 7.22. The number of benzene rings is 2. The van der Waals surface area contributed by atoms with Gasteiger partial charge in [0.15, 0.2) is 5.65 Å². The van der Waals surface area contributed by atoms with Crippen molar-refractivity contribution in [2.24, 2.45) is 0 Å². The summed E-state index contributed by atoms with van der Waals surface area (Å²) in [5.74, 6) is 2.27. The van der Waals surface area contributed by atoms with Gasteiger partial charge < -0.3 is 25.0 Å². The van der Waals surface area contributed by atoms with Crippen LogP contribution in [0.5, 0.6) is 5.75 Å². The molecule has 0 radical (unpaired) electrons. The number of hydrogen-bond acceptors (Lipinski definition) is 8. The van der Waals surface area contributed by atoms with Crippen LogP contribution in [0.2, 0.25) is 0 Å². The summed E-state index contributed by atoms with van der Waals surface area (Å²) >= 11 is 0. The van der Waals surface area contributed by atoms with Gasteiger partial charge in [0.1, 0.15) is 17.7 Å². The summed E-state index contributed by atoms with van der Waals surface area (Å²) in [6.07, 6.45) is 6.92. The third kappa shape index (κ3) is 8.68. The minimum Gasteiger partial charge on any atom is -0.484 e. The zero-order chi connectivity index (χ0) is 38.4. The first kappa shape index (κ1) is 38.3. The predicted octanol–water partition coefficient (Wildman–Crippen LogP) is 7.52. The van der Waals surface area contributed by atoms with E-state index in [4.69, 9.17) is 19.7 Å². The maximum Gasteiger partial charge on any atom is 0.320 e. The first-order chi connectivity index (χ1) is 26.0. The number of hydrogen-bond donors (Lipinski definition) is 3. The highest BCUT2D eigenvalue weighted by atomic mass is 16.5. The van der Waals surface area contributed by atoms with Crippen molar-refractivity contribution in [3.63, 3.8) is 0 Å². The molecule has 1 saturated heterocycles. The third-order valence-corrected chi connectivity index (χ3v) is 10.3. The lowest BCUT2D eigenvalue weighted by Crippen LogP contribution is -2.38. The van der Waals surface area contributed by atoms with Gasteiger partial charge in [0.25, 0.3) is 6.47 Å². The molecule has 3 N–H and O–H groups in total. The number of amides is 2. The van der Waals surface area contributed by atoms with Gasteiger partial charge in [-0.15, -0.1) is 10.2 Å². The fourth-order valence-corrected chi connectivity index (χ4v) is 7.22. The highest BCUT2D eigenvalue weighted by Crippen LogP contribution is 2.39. The Morgan fingerprint density at radius 2 is 1.76 bits per heavy atom. The first-order valence-electron chi connectivity index (χ1n) is 18.9. The van der Waals surface area contributed by atoms with E-state index in [0.29, 0.717) is 11.9 Å². The average Bonchev–Trinajstić information content (AvgIpc) is 3.78. The summed E-state index contributed by atoms with van der Waals surface area (Å²) in [5, 5.41) is 27.2. The molecule has 5 aromatic rings. The van der Waals surface area contributed by atoms with Crippen LogP contribution in [0.15, 0.2) is 72.9 Å². The molecular formula is C41H53N9O4.